The Labute approximate surface area is 145 Å². The minimum Gasteiger partial charge on any atom is -0.465 e. The van der Waals surface area contributed by atoms with Gasteiger partial charge in [-0.15, -0.1) is 0 Å². The van der Waals surface area contributed by atoms with Gasteiger partial charge in [-0.3, -0.25) is 14.4 Å². The lowest BCUT2D eigenvalue weighted by atomic mass is 9.65. The molecule has 0 N–H and O–H groups in total. The molecule has 0 aromatic heterocycles. The molecular formula is C19H20O6. The number of hydrogen-bond donors (Lipinski definition) is 0. The minimum absolute atomic E-state index is 0.212. The topological polar surface area (TPSA) is 86.7 Å². The van der Waals surface area contributed by atoms with Crippen molar-refractivity contribution in [1.82, 2.24) is 0 Å². The van der Waals surface area contributed by atoms with Gasteiger partial charge in [0.15, 0.2) is 0 Å². The highest BCUT2D eigenvalue weighted by atomic mass is 16.5. The summed E-state index contributed by atoms with van der Waals surface area (Å²) in [7, 11) is 1.28. The van der Waals surface area contributed by atoms with Gasteiger partial charge in [-0.05, 0) is 37.1 Å². The molecule has 3 rings (SSSR count). The highest BCUT2D eigenvalue weighted by Gasteiger charge is 2.78. The van der Waals surface area contributed by atoms with Gasteiger partial charge in [0, 0.05) is 10.8 Å². The van der Waals surface area contributed by atoms with E-state index in [2.05, 4.69) is 4.74 Å². The standard InChI is InChI=1S/C19H20O6/c1-17(2)18(3)9-10-19(17,14(21)13(18)20)16(23)25-12-7-5-11(6-8-12)15(22)24-4/h5-8H,9-10H2,1-4H3/t18-,19-/m0/s1. The molecule has 0 aliphatic heterocycles. The molecule has 0 saturated heterocycles. The number of benzene rings is 1. The number of ether oxygens (including phenoxy) is 2. The van der Waals surface area contributed by atoms with Crippen LogP contribution in [0.2, 0.25) is 0 Å². The number of esters is 2. The van der Waals surface area contributed by atoms with Crippen molar-refractivity contribution in [3.05, 3.63) is 29.8 Å². The zero-order chi connectivity index (χ0) is 18.6. The Kier molecular flexibility index (Phi) is 3.64. The minimum atomic E-state index is -1.44. The van der Waals surface area contributed by atoms with E-state index in [-0.39, 0.29) is 5.75 Å². The summed E-state index contributed by atoms with van der Waals surface area (Å²) in [5.74, 6) is -2.13. The first-order valence-corrected chi connectivity index (χ1v) is 8.12. The van der Waals surface area contributed by atoms with Gasteiger partial charge in [0.25, 0.3) is 0 Å². The summed E-state index contributed by atoms with van der Waals surface area (Å²) in [5.41, 5.74) is -2.77. The molecule has 0 unspecified atom stereocenters. The van der Waals surface area contributed by atoms with E-state index in [9.17, 15) is 19.2 Å². The van der Waals surface area contributed by atoms with E-state index >= 15 is 0 Å². The second kappa shape index (κ2) is 5.25. The fraction of sp³-hybridized carbons (Fsp3) is 0.474. The van der Waals surface area contributed by atoms with E-state index in [1.165, 1.54) is 31.4 Å². The van der Waals surface area contributed by atoms with E-state index in [4.69, 9.17) is 4.74 Å². The van der Waals surface area contributed by atoms with Crippen LogP contribution in [0.25, 0.3) is 0 Å². The van der Waals surface area contributed by atoms with Crippen LogP contribution >= 0.6 is 0 Å². The molecule has 2 saturated carbocycles. The lowest BCUT2D eigenvalue weighted by Crippen LogP contribution is -2.47. The van der Waals surface area contributed by atoms with Gasteiger partial charge in [-0.1, -0.05) is 20.8 Å². The van der Waals surface area contributed by atoms with Gasteiger partial charge in [0.05, 0.1) is 12.7 Å². The monoisotopic (exact) mass is 344 g/mol. The lowest BCUT2D eigenvalue weighted by molar-refractivity contribution is -0.157. The summed E-state index contributed by atoms with van der Waals surface area (Å²) >= 11 is 0. The third-order valence-electron chi connectivity index (χ3n) is 6.38. The van der Waals surface area contributed by atoms with Crippen molar-refractivity contribution in [2.75, 3.05) is 7.11 Å². The Morgan fingerprint density at radius 1 is 0.960 bits per heavy atom. The van der Waals surface area contributed by atoms with Crippen LogP contribution in [0.5, 0.6) is 5.75 Å². The normalized spacial score (nSPS) is 29.6. The quantitative estimate of drug-likeness (QED) is 0.362. The van der Waals surface area contributed by atoms with Crippen molar-refractivity contribution < 1.29 is 28.7 Å². The second-order valence-electron chi connectivity index (χ2n) is 7.43. The second-order valence-corrected chi connectivity index (χ2v) is 7.43. The zero-order valence-electron chi connectivity index (χ0n) is 14.7. The number of rotatable bonds is 3. The average Bonchev–Trinajstić information content (AvgIpc) is 2.86. The number of fused-ring (bicyclic) bond motifs is 2. The Bertz CT molecular complexity index is 791. The summed E-state index contributed by atoms with van der Waals surface area (Å²) in [6.45, 7) is 5.31. The molecule has 2 aliphatic carbocycles. The molecule has 132 valence electrons. The molecular weight excluding hydrogens is 324 g/mol. The number of carbonyl (C=O) groups is 4. The summed E-state index contributed by atoms with van der Waals surface area (Å²) < 4.78 is 10.0. The number of ketones is 2. The molecule has 0 heterocycles. The Morgan fingerprint density at radius 3 is 2.04 bits per heavy atom. The molecule has 2 fully saturated rings. The maximum absolute atomic E-state index is 12.9. The predicted molar refractivity (Wildman–Crippen MR) is 87.0 cm³/mol. The molecule has 1 aromatic carbocycles. The Morgan fingerprint density at radius 2 is 1.56 bits per heavy atom. The molecule has 1 aromatic rings. The molecule has 2 aliphatic rings. The number of Topliss-reactive ketones (excluding diaryl/α,β-unsaturated/α-hetero) is 2. The van der Waals surface area contributed by atoms with Gasteiger partial charge in [-0.2, -0.15) is 0 Å². The third-order valence-corrected chi connectivity index (χ3v) is 6.38. The van der Waals surface area contributed by atoms with E-state index in [0.29, 0.717) is 18.4 Å². The van der Waals surface area contributed by atoms with Crippen LogP contribution in [0.4, 0.5) is 0 Å². The van der Waals surface area contributed by atoms with Crippen molar-refractivity contribution in [3.63, 3.8) is 0 Å². The SMILES string of the molecule is COC(=O)c1ccc(OC(=O)[C@]23CC[C@@](C)(C(=O)C2=O)C3(C)C)cc1. The molecule has 2 atom stereocenters. The van der Waals surface area contributed by atoms with Crippen molar-refractivity contribution in [1.29, 1.82) is 0 Å². The third kappa shape index (κ3) is 1.97. The lowest BCUT2D eigenvalue weighted by Gasteiger charge is -2.36. The van der Waals surface area contributed by atoms with E-state index in [1.54, 1.807) is 20.8 Å². The van der Waals surface area contributed by atoms with Crippen LogP contribution in [0.15, 0.2) is 24.3 Å². The zero-order valence-corrected chi connectivity index (χ0v) is 14.7. The predicted octanol–water partition coefficient (Wildman–Crippen LogP) is 2.34. The number of hydrogen-bond acceptors (Lipinski definition) is 6. The molecule has 2 bridgehead atoms. The largest absolute Gasteiger partial charge is 0.465 e. The van der Waals surface area contributed by atoms with Crippen molar-refractivity contribution in [2.45, 2.75) is 33.6 Å². The van der Waals surface area contributed by atoms with Crippen LogP contribution in [-0.4, -0.2) is 30.6 Å². The maximum Gasteiger partial charge on any atom is 0.337 e. The van der Waals surface area contributed by atoms with Gasteiger partial charge >= 0.3 is 11.9 Å². The van der Waals surface area contributed by atoms with Crippen LogP contribution in [0.3, 0.4) is 0 Å². The highest BCUT2D eigenvalue weighted by Crippen LogP contribution is 2.69. The summed E-state index contributed by atoms with van der Waals surface area (Å²) in [6, 6.07) is 5.86. The van der Waals surface area contributed by atoms with Crippen molar-refractivity contribution in [2.24, 2.45) is 16.2 Å². The first-order valence-electron chi connectivity index (χ1n) is 8.12. The smallest absolute Gasteiger partial charge is 0.337 e. The van der Waals surface area contributed by atoms with Crippen LogP contribution in [0, 0.1) is 16.2 Å². The van der Waals surface area contributed by atoms with Crippen LogP contribution < -0.4 is 4.74 Å². The van der Waals surface area contributed by atoms with Gasteiger partial charge < -0.3 is 9.47 Å². The van der Waals surface area contributed by atoms with Crippen molar-refractivity contribution in [3.8, 4) is 5.75 Å². The molecule has 25 heavy (non-hydrogen) atoms. The summed E-state index contributed by atoms with van der Waals surface area (Å²) in [4.78, 5) is 49.4. The number of methoxy groups -OCH3 is 1. The van der Waals surface area contributed by atoms with Crippen LogP contribution in [-0.2, 0) is 19.1 Å². The fourth-order valence-corrected chi connectivity index (χ4v) is 4.19. The molecule has 6 heteroatoms. The summed E-state index contributed by atoms with van der Waals surface area (Å²) in [6.07, 6.45) is 0.793. The average molecular weight is 344 g/mol. The fourth-order valence-electron chi connectivity index (χ4n) is 4.19. The summed E-state index contributed by atoms with van der Waals surface area (Å²) in [5, 5.41) is 0. The first kappa shape index (κ1) is 17.3. The molecule has 0 spiro atoms. The molecule has 0 amide bonds. The Hall–Kier alpha value is -2.50. The first-order chi connectivity index (χ1) is 11.6. The highest BCUT2D eigenvalue weighted by molar-refractivity contribution is 6.48. The maximum atomic E-state index is 12.9. The molecule has 0 radical (unpaired) electrons. The van der Waals surface area contributed by atoms with Gasteiger partial charge in [0.2, 0.25) is 11.6 Å². The van der Waals surface area contributed by atoms with Gasteiger partial charge in [0.1, 0.15) is 11.2 Å². The molecule has 6 nitrogen and oxygen atoms in total. The van der Waals surface area contributed by atoms with Crippen LogP contribution in [0.1, 0.15) is 44.0 Å². The van der Waals surface area contributed by atoms with Crippen molar-refractivity contribution >= 4 is 23.5 Å². The van der Waals surface area contributed by atoms with E-state index in [0.717, 1.165) is 0 Å². The Balaban J connectivity index is 1.90. The van der Waals surface area contributed by atoms with E-state index < -0.39 is 39.8 Å². The number of carbonyl (C=O) groups excluding carboxylic acids is 4. The van der Waals surface area contributed by atoms with Gasteiger partial charge in [-0.25, -0.2) is 4.79 Å². The van der Waals surface area contributed by atoms with E-state index in [1.807, 2.05) is 0 Å².